The predicted octanol–water partition coefficient (Wildman–Crippen LogP) is 1.93. The normalized spacial score (nSPS) is 24.1. The second-order valence-corrected chi connectivity index (χ2v) is 3.06. The van der Waals surface area contributed by atoms with E-state index in [-0.39, 0.29) is 0 Å². The van der Waals surface area contributed by atoms with Gasteiger partial charge in [0.05, 0.1) is 0 Å². The lowest BCUT2D eigenvalue weighted by Gasteiger charge is -2.20. The molecule has 0 radical (unpaired) electrons. The van der Waals surface area contributed by atoms with Gasteiger partial charge in [-0.1, -0.05) is 13.3 Å². The van der Waals surface area contributed by atoms with Crippen molar-refractivity contribution in [2.24, 2.45) is 0 Å². The van der Waals surface area contributed by atoms with Crippen molar-refractivity contribution in [2.75, 3.05) is 6.54 Å². The molecular weight excluding hydrogens is 142 g/mol. The molecule has 1 rings (SSSR count). The summed E-state index contributed by atoms with van der Waals surface area (Å²) in [5, 5.41) is 8.74. The van der Waals surface area contributed by atoms with Crippen LogP contribution < -0.4 is 0 Å². The highest BCUT2D eigenvalue weighted by Crippen LogP contribution is 2.20. The van der Waals surface area contributed by atoms with Crippen molar-refractivity contribution in [3.63, 3.8) is 0 Å². The summed E-state index contributed by atoms with van der Waals surface area (Å²) < 4.78 is 0. The highest BCUT2D eigenvalue weighted by Gasteiger charge is 2.26. The summed E-state index contributed by atoms with van der Waals surface area (Å²) in [6.45, 7) is 2.83. The van der Waals surface area contributed by atoms with Gasteiger partial charge in [0.25, 0.3) is 0 Å². The Balaban J connectivity index is 2.44. The molecule has 64 valence electrons. The van der Waals surface area contributed by atoms with Crippen molar-refractivity contribution in [1.82, 2.24) is 4.90 Å². The topological polar surface area (TPSA) is 40.5 Å². The van der Waals surface area contributed by atoms with Gasteiger partial charge in [-0.2, -0.15) is 0 Å². The molecule has 1 aliphatic heterocycles. The fraction of sp³-hybridized carbons (Fsp3) is 0.875. The van der Waals surface area contributed by atoms with Crippen LogP contribution in [0.5, 0.6) is 0 Å². The zero-order valence-corrected chi connectivity index (χ0v) is 6.92. The molecule has 1 N–H and O–H groups in total. The standard InChI is InChI=1S/C8H15NO2/c1-2-4-7-5-3-6-9(7)8(10)11/h7H,2-6H2,1H3,(H,10,11)/t7-/m1/s1. The summed E-state index contributed by atoms with van der Waals surface area (Å²) in [5.41, 5.74) is 0. The van der Waals surface area contributed by atoms with Crippen LogP contribution in [0.25, 0.3) is 0 Å². The van der Waals surface area contributed by atoms with E-state index in [1.807, 2.05) is 0 Å². The Kier molecular flexibility index (Phi) is 2.74. The molecule has 3 nitrogen and oxygen atoms in total. The lowest BCUT2D eigenvalue weighted by Crippen LogP contribution is -2.33. The molecule has 3 heteroatoms. The molecule has 0 aromatic rings. The third-order valence-corrected chi connectivity index (χ3v) is 2.24. The number of hydrogen-bond donors (Lipinski definition) is 1. The Hall–Kier alpha value is -0.730. The minimum absolute atomic E-state index is 0.303. The number of amides is 1. The average Bonchev–Trinajstić information content (AvgIpc) is 2.36. The number of hydrogen-bond acceptors (Lipinski definition) is 1. The molecule has 1 amide bonds. The Morgan fingerprint density at radius 3 is 3.00 bits per heavy atom. The smallest absolute Gasteiger partial charge is 0.407 e. The van der Waals surface area contributed by atoms with Crippen molar-refractivity contribution in [3.8, 4) is 0 Å². The highest BCUT2D eigenvalue weighted by atomic mass is 16.4. The number of likely N-dealkylation sites (tertiary alicyclic amines) is 1. The molecule has 0 saturated carbocycles. The van der Waals surface area contributed by atoms with Gasteiger partial charge in [0.2, 0.25) is 0 Å². The van der Waals surface area contributed by atoms with Crippen LogP contribution in [0.1, 0.15) is 32.6 Å². The largest absolute Gasteiger partial charge is 0.465 e. The molecule has 0 unspecified atom stereocenters. The molecule has 1 atom stereocenters. The van der Waals surface area contributed by atoms with E-state index in [0.717, 1.165) is 32.2 Å². The van der Waals surface area contributed by atoms with Crippen molar-refractivity contribution < 1.29 is 9.90 Å². The molecule has 0 aromatic heterocycles. The number of nitrogens with zero attached hydrogens (tertiary/aromatic N) is 1. The van der Waals surface area contributed by atoms with Crippen LogP contribution in [0.15, 0.2) is 0 Å². The van der Waals surface area contributed by atoms with Crippen LogP contribution in [0, 0.1) is 0 Å². The summed E-state index contributed by atoms with van der Waals surface area (Å²) >= 11 is 0. The van der Waals surface area contributed by atoms with E-state index in [9.17, 15) is 4.79 Å². The zero-order valence-electron chi connectivity index (χ0n) is 6.92. The first-order chi connectivity index (χ1) is 5.25. The van der Waals surface area contributed by atoms with Crippen LogP contribution in [0.3, 0.4) is 0 Å². The Morgan fingerprint density at radius 2 is 2.45 bits per heavy atom. The first kappa shape index (κ1) is 8.37. The van der Waals surface area contributed by atoms with Crippen LogP contribution in [0.4, 0.5) is 4.79 Å². The van der Waals surface area contributed by atoms with E-state index in [0.29, 0.717) is 6.04 Å². The number of carbonyl (C=O) groups is 1. The van der Waals surface area contributed by atoms with Gasteiger partial charge < -0.3 is 10.0 Å². The van der Waals surface area contributed by atoms with Gasteiger partial charge in [-0.3, -0.25) is 0 Å². The zero-order chi connectivity index (χ0) is 8.27. The van der Waals surface area contributed by atoms with Gasteiger partial charge in [-0.15, -0.1) is 0 Å². The van der Waals surface area contributed by atoms with Gasteiger partial charge in [0, 0.05) is 12.6 Å². The summed E-state index contributed by atoms with van der Waals surface area (Å²) in [5.74, 6) is 0. The molecule has 1 fully saturated rings. The molecule has 0 spiro atoms. The Bertz CT molecular complexity index is 147. The van der Waals surface area contributed by atoms with Crippen LogP contribution in [-0.4, -0.2) is 28.7 Å². The van der Waals surface area contributed by atoms with E-state index >= 15 is 0 Å². The minimum atomic E-state index is -0.749. The SMILES string of the molecule is CCC[C@@H]1CCCN1C(=O)O. The molecular formula is C8H15NO2. The van der Waals surface area contributed by atoms with Gasteiger partial charge in [0.1, 0.15) is 0 Å². The maximum atomic E-state index is 10.6. The first-order valence-corrected chi connectivity index (χ1v) is 4.25. The molecule has 1 aliphatic rings. The van der Waals surface area contributed by atoms with Crippen LogP contribution >= 0.6 is 0 Å². The van der Waals surface area contributed by atoms with Crippen molar-refractivity contribution >= 4 is 6.09 Å². The van der Waals surface area contributed by atoms with Gasteiger partial charge in [0.15, 0.2) is 0 Å². The number of rotatable bonds is 2. The summed E-state index contributed by atoms with van der Waals surface area (Å²) in [6.07, 6.45) is 3.44. The Morgan fingerprint density at radius 1 is 1.73 bits per heavy atom. The van der Waals surface area contributed by atoms with Gasteiger partial charge >= 0.3 is 6.09 Å². The second kappa shape index (κ2) is 3.60. The van der Waals surface area contributed by atoms with E-state index in [4.69, 9.17) is 5.11 Å². The lowest BCUT2D eigenvalue weighted by atomic mass is 10.1. The van der Waals surface area contributed by atoms with E-state index in [1.165, 1.54) is 0 Å². The Labute approximate surface area is 67.0 Å². The second-order valence-electron chi connectivity index (χ2n) is 3.06. The monoisotopic (exact) mass is 157 g/mol. The van der Waals surface area contributed by atoms with Crippen molar-refractivity contribution in [2.45, 2.75) is 38.6 Å². The van der Waals surface area contributed by atoms with E-state index in [1.54, 1.807) is 4.90 Å². The van der Waals surface area contributed by atoms with Crippen LogP contribution in [-0.2, 0) is 0 Å². The van der Waals surface area contributed by atoms with E-state index in [2.05, 4.69) is 6.92 Å². The number of carboxylic acid groups (broad SMARTS) is 1. The fourth-order valence-corrected chi connectivity index (χ4v) is 1.72. The molecule has 1 heterocycles. The van der Waals surface area contributed by atoms with Crippen molar-refractivity contribution in [1.29, 1.82) is 0 Å². The van der Waals surface area contributed by atoms with Gasteiger partial charge in [-0.25, -0.2) is 4.79 Å². The van der Waals surface area contributed by atoms with E-state index < -0.39 is 6.09 Å². The highest BCUT2D eigenvalue weighted by molar-refractivity contribution is 5.65. The average molecular weight is 157 g/mol. The molecule has 0 bridgehead atoms. The van der Waals surface area contributed by atoms with Crippen molar-refractivity contribution in [3.05, 3.63) is 0 Å². The first-order valence-electron chi connectivity index (χ1n) is 4.25. The minimum Gasteiger partial charge on any atom is -0.465 e. The predicted molar refractivity (Wildman–Crippen MR) is 42.7 cm³/mol. The lowest BCUT2D eigenvalue weighted by molar-refractivity contribution is 0.138. The molecule has 0 aliphatic carbocycles. The molecule has 1 saturated heterocycles. The third-order valence-electron chi connectivity index (χ3n) is 2.24. The third kappa shape index (κ3) is 1.85. The molecule has 11 heavy (non-hydrogen) atoms. The van der Waals surface area contributed by atoms with Gasteiger partial charge in [-0.05, 0) is 19.3 Å². The summed E-state index contributed by atoms with van der Waals surface area (Å²) in [4.78, 5) is 12.2. The maximum absolute atomic E-state index is 10.6. The fourth-order valence-electron chi connectivity index (χ4n) is 1.72. The quantitative estimate of drug-likeness (QED) is 0.665. The van der Waals surface area contributed by atoms with Crippen LogP contribution in [0.2, 0.25) is 0 Å². The molecule has 0 aromatic carbocycles. The summed E-state index contributed by atoms with van der Waals surface area (Å²) in [6, 6.07) is 0.303. The summed E-state index contributed by atoms with van der Waals surface area (Å²) in [7, 11) is 0. The maximum Gasteiger partial charge on any atom is 0.407 e.